The van der Waals surface area contributed by atoms with E-state index in [0.29, 0.717) is 10.5 Å². The van der Waals surface area contributed by atoms with Crippen molar-refractivity contribution in [3.63, 3.8) is 0 Å². The van der Waals surface area contributed by atoms with Crippen molar-refractivity contribution in [2.45, 2.75) is 4.34 Å². The molecule has 1 heterocycles. The summed E-state index contributed by atoms with van der Waals surface area (Å²) in [7, 11) is 0. The van der Waals surface area contributed by atoms with E-state index in [1.165, 1.54) is 29.2 Å². The van der Waals surface area contributed by atoms with Crippen molar-refractivity contribution in [3.8, 4) is 5.75 Å². The first-order chi connectivity index (χ1) is 11.1. The molecule has 0 aliphatic carbocycles. The first kappa shape index (κ1) is 15.4. The molecule has 116 valence electrons. The van der Waals surface area contributed by atoms with Crippen LogP contribution in [0, 0.1) is 0 Å². The Kier molecular flexibility index (Phi) is 4.22. The van der Waals surface area contributed by atoms with E-state index in [4.69, 9.17) is 5.73 Å². The van der Waals surface area contributed by atoms with Gasteiger partial charge in [0.25, 0.3) is 11.0 Å². The molecule has 0 spiro atoms. The van der Waals surface area contributed by atoms with Gasteiger partial charge in [-0.3, -0.25) is 4.79 Å². The van der Waals surface area contributed by atoms with Crippen molar-refractivity contribution in [1.82, 2.24) is 10.2 Å². The zero-order valence-corrected chi connectivity index (χ0v) is 13.6. The second kappa shape index (κ2) is 6.31. The summed E-state index contributed by atoms with van der Waals surface area (Å²) in [5, 5.41) is 27.9. The number of fused-ring (bicyclic) bond motifs is 1. The maximum absolute atomic E-state index is 11.5. The minimum Gasteiger partial charge on any atom is -0.505 e. The number of benzene rings is 2. The van der Waals surface area contributed by atoms with E-state index in [2.05, 4.69) is 20.4 Å². The van der Waals surface area contributed by atoms with E-state index in [1.807, 2.05) is 18.4 Å². The maximum Gasteiger partial charge on any atom is 0.252 e. The zero-order chi connectivity index (χ0) is 16.4. The minimum atomic E-state index is -0.731. The summed E-state index contributed by atoms with van der Waals surface area (Å²) in [5.74, 6) is -1.03. The molecular formula is C14H11N5O2S2. The molecule has 1 aromatic heterocycles. The molecule has 3 rings (SSSR count). The SMILES string of the molecule is CSc1nnc(/N=N/c2c(O)c(C(N)=O)cc3ccccc23)s1. The van der Waals surface area contributed by atoms with Crippen LogP contribution < -0.4 is 5.73 Å². The average Bonchev–Trinajstić information content (AvgIpc) is 3.01. The Morgan fingerprint density at radius 2 is 2.09 bits per heavy atom. The lowest BCUT2D eigenvalue weighted by Gasteiger charge is -2.07. The summed E-state index contributed by atoms with van der Waals surface area (Å²) in [4.78, 5) is 11.5. The van der Waals surface area contributed by atoms with Gasteiger partial charge in [-0.15, -0.1) is 20.4 Å². The molecule has 0 aliphatic heterocycles. The third kappa shape index (κ3) is 3.01. The quantitative estimate of drug-likeness (QED) is 0.553. The largest absolute Gasteiger partial charge is 0.505 e. The van der Waals surface area contributed by atoms with E-state index in [1.54, 1.807) is 12.1 Å². The topological polar surface area (TPSA) is 114 Å². The molecule has 2 aromatic carbocycles. The normalized spacial score (nSPS) is 11.3. The van der Waals surface area contributed by atoms with Crippen molar-refractivity contribution >= 4 is 50.6 Å². The van der Waals surface area contributed by atoms with Crippen LogP contribution in [0.2, 0.25) is 0 Å². The highest BCUT2D eigenvalue weighted by Crippen LogP contribution is 2.39. The van der Waals surface area contributed by atoms with E-state index >= 15 is 0 Å². The fourth-order valence-electron chi connectivity index (χ4n) is 2.02. The average molecular weight is 345 g/mol. The number of primary amides is 1. The van der Waals surface area contributed by atoms with Crippen molar-refractivity contribution in [2.75, 3.05) is 6.26 Å². The van der Waals surface area contributed by atoms with Crippen LogP contribution in [-0.4, -0.2) is 27.5 Å². The van der Waals surface area contributed by atoms with Gasteiger partial charge >= 0.3 is 0 Å². The number of amides is 1. The third-order valence-corrected chi connectivity index (χ3v) is 4.85. The number of nitrogens with zero attached hydrogens (tertiary/aromatic N) is 4. The molecule has 0 saturated heterocycles. The van der Waals surface area contributed by atoms with Crippen LogP contribution in [0.1, 0.15) is 10.4 Å². The number of thioether (sulfide) groups is 1. The molecule has 7 nitrogen and oxygen atoms in total. The number of nitrogens with two attached hydrogens (primary N) is 1. The number of aromatic nitrogens is 2. The van der Waals surface area contributed by atoms with E-state index in [-0.39, 0.29) is 17.0 Å². The molecule has 9 heteroatoms. The lowest BCUT2D eigenvalue weighted by molar-refractivity contribution is 0.0998. The van der Waals surface area contributed by atoms with Gasteiger partial charge in [0.2, 0.25) is 0 Å². The second-order valence-corrected chi connectivity index (χ2v) is 6.47. The van der Waals surface area contributed by atoms with Gasteiger partial charge in [0.15, 0.2) is 10.1 Å². The summed E-state index contributed by atoms with van der Waals surface area (Å²) < 4.78 is 0.763. The smallest absolute Gasteiger partial charge is 0.252 e. The monoisotopic (exact) mass is 345 g/mol. The molecule has 1 amide bonds. The first-order valence-electron chi connectivity index (χ1n) is 6.44. The number of hydrogen-bond acceptors (Lipinski definition) is 8. The Hall–Kier alpha value is -2.52. The van der Waals surface area contributed by atoms with Crippen LogP contribution in [0.15, 0.2) is 44.9 Å². The van der Waals surface area contributed by atoms with Crippen LogP contribution in [0.3, 0.4) is 0 Å². The van der Waals surface area contributed by atoms with Gasteiger partial charge in [0, 0.05) is 5.39 Å². The summed E-state index contributed by atoms with van der Waals surface area (Å²) in [6, 6.07) is 8.74. The Morgan fingerprint density at radius 1 is 1.30 bits per heavy atom. The molecule has 0 fully saturated rings. The summed E-state index contributed by atoms with van der Waals surface area (Å²) in [6.07, 6.45) is 1.89. The van der Waals surface area contributed by atoms with Crippen molar-refractivity contribution in [1.29, 1.82) is 0 Å². The summed E-state index contributed by atoms with van der Waals surface area (Å²) >= 11 is 2.74. The van der Waals surface area contributed by atoms with Crippen LogP contribution >= 0.6 is 23.1 Å². The van der Waals surface area contributed by atoms with E-state index in [0.717, 1.165) is 9.73 Å². The number of aromatic hydroxyl groups is 1. The molecule has 3 aromatic rings. The number of rotatable bonds is 4. The van der Waals surface area contributed by atoms with E-state index in [9.17, 15) is 9.90 Å². The molecule has 0 atom stereocenters. The summed E-state index contributed by atoms with van der Waals surface area (Å²) in [6.45, 7) is 0. The molecule has 0 aliphatic rings. The van der Waals surface area contributed by atoms with Crippen molar-refractivity contribution in [2.24, 2.45) is 16.0 Å². The van der Waals surface area contributed by atoms with Gasteiger partial charge in [-0.2, -0.15) is 0 Å². The third-order valence-electron chi connectivity index (χ3n) is 3.07. The molecule has 23 heavy (non-hydrogen) atoms. The van der Waals surface area contributed by atoms with Gasteiger partial charge < -0.3 is 10.8 Å². The molecule has 0 bridgehead atoms. The predicted octanol–water partition coefficient (Wildman–Crippen LogP) is 3.63. The highest BCUT2D eigenvalue weighted by Gasteiger charge is 2.16. The molecule has 0 radical (unpaired) electrons. The van der Waals surface area contributed by atoms with E-state index < -0.39 is 5.91 Å². The van der Waals surface area contributed by atoms with Crippen LogP contribution in [-0.2, 0) is 0 Å². The fraction of sp³-hybridized carbons (Fsp3) is 0.0714. The van der Waals surface area contributed by atoms with Crippen LogP contribution in [0.25, 0.3) is 10.8 Å². The standard InChI is InChI=1S/C14H11N5O2S2/c1-22-14-19-18-13(23-14)17-16-10-8-5-3-2-4-7(8)6-9(11(10)20)12(15)21/h2-6,20H,1H3,(H2,15,21)/b17-16+. The molecular weight excluding hydrogens is 334 g/mol. The maximum atomic E-state index is 11.5. The molecule has 0 saturated carbocycles. The van der Waals surface area contributed by atoms with Crippen LogP contribution in [0.4, 0.5) is 10.8 Å². The Labute approximate surface area is 139 Å². The fourth-order valence-corrected chi connectivity index (χ4v) is 3.11. The van der Waals surface area contributed by atoms with Gasteiger partial charge in [0.05, 0.1) is 5.56 Å². The molecule has 3 N–H and O–H groups in total. The lowest BCUT2D eigenvalue weighted by Crippen LogP contribution is -2.11. The summed E-state index contributed by atoms with van der Waals surface area (Å²) in [5.41, 5.74) is 5.49. The number of phenols is 1. The second-order valence-electron chi connectivity index (χ2n) is 4.46. The van der Waals surface area contributed by atoms with Gasteiger partial charge in [0.1, 0.15) is 5.69 Å². The van der Waals surface area contributed by atoms with Gasteiger partial charge in [-0.1, -0.05) is 47.4 Å². The lowest BCUT2D eigenvalue weighted by atomic mass is 10.0. The number of carbonyl (C=O) groups excluding carboxylic acids is 1. The zero-order valence-electron chi connectivity index (χ0n) is 11.9. The van der Waals surface area contributed by atoms with Gasteiger partial charge in [-0.25, -0.2) is 0 Å². The Morgan fingerprint density at radius 3 is 2.78 bits per heavy atom. The van der Waals surface area contributed by atoms with Gasteiger partial charge in [-0.05, 0) is 17.7 Å². The number of carbonyl (C=O) groups is 1. The Bertz CT molecular complexity index is 923. The van der Waals surface area contributed by atoms with Crippen LogP contribution in [0.5, 0.6) is 5.75 Å². The highest BCUT2D eigenvalue weighted by atomic mass is 32.2. The highest BCUT2D eigenvalue weighted by molar-refractivity contribution is 8.00. The Balaban J connectivity index is 2.14. The first-order valence-corrected chi connectivity index (χ1v) is 8.48. The van der Waals surface area contributed by atoms with Crippen molar-refractivity contribution in [3.05, 3.63) is 35.9 Å². The number of hydrogen-bond donors (Lipinski definition) is 2. The molecule has 0 unspecified atom stereocenters. The number of azo groups is 1. The minimum absolute atomic E-state index is 0.000262. The van der Waals surface area contributed by atoms with Crippen molar-refractivity contribution < 1.29 is 9.90 Å². The predicted molar refractivity (Wildman–Crippen MR) is 90.0 cm³/mol.